The third kappa shape index (κ3) is 1.50. The fraction of sp³-hybridized carbons (Fsp3) is 0.500. The summed E-state index contributed by atoms with van der Waals surface area (Å²) in [6, 6.07) is 5.44. The molecule has 3 rings (SSSR count). The summed E-state index contributed by atoms with van der Waals surface area (Å²) >= 11 is 5.91. The van der Waals surface area contributed by atoms with Crippen LogP contribution in [0.4, 0.5) is 4.39 Å². The third-order valence-corrected chi connectivity index (χ3v) is 3.57. The molecule has 0 N–H and O–H groups in total. The van der Waals surface area contributed by atoms with Crippen LogP contribution in [0.3, 0.4) is 0 Å². The molecule has 0 amide bonds. The van der Waals surface area contributed by atoms with Crippen molar-refractivity contribution in [2.24, 2.45) is 0 Å². The van der Waals surface area contributed by atoms with Crippen LogP contribution >= 0.6 is 11.6 Å². The van der Waals surface area contributed by atoms with E-state index in [0.29, 0.717) is 24.5 Å². The van der Waals surface area contributed by atoms with Gasteiger partial charge in [-0.05, 0) is 23.8 Å². The van der Waals surface area contributed by atoms with Crippen LogP contribution in [-0.4, -0.2) is 25.0 Å². The Kier molecular flexibility index (Phi) is 2.33. The lowest BCUT2D eigenvalue weighted by Crippen LogP contribution is -2.50. The van der Waals surface area contributed by atoms with E-state index in [1.165, 1.54) is 0 Å². The minimum atomic E-state index is -1.06. The highest BCUT2D eigenvalue weighted by atomic mass is 35.5. The van der Waals surface area contributed by atoms with E-state index in [-0.39, 0.29) is 6.61 Å². The first kappa shape index (κ1) is 10.4. The second kappa shape index (κ2) is 3.60. The smallest absolute Gasteiger partial charge is 0.163 e. The molecule has 1 fully saturated rings. The van der Waals surface area contributed by atoms with Crippen LogP contribution in [0.25, 0.3) is 0 Å². The highest BCUT2D eigenvalue weighted by Crippen LogP contribution is 2.42. The molecule has 0 saturated carbocycles. The van der Waals surface area contributed by atoms with Crippen molar-refractivity contribution in [1.29, 1.82) is 0 Å². The van der Waals surface area contributed by atoms with Crippen LogP contribution in [-0.2, 0) is 11.2 Å². The summed E-state index contributed by atoms with van der Waals surface area (Å²) in [4.78, 5) is 0. The van der Waals surface area contributed by atoms with Crippen LogP contribution in [0.2, 0.25) is 5.02 Å². The molecular weight excluding hydrogens is 231 g/mol. The molecule has 2 aliphatic rings. The molecule has 0 bridgehead atoms. The van der Waals surface area contributed by atoms with Crippen LogP contribution in [0, 0.1) is 0 Å². The number of alkyl halides is 1. The van der Waals surface area contributed by atoms with E-state index in [1.54, 1.807) is 6.07 Å². The first-order valence-electron chi connectivity index (χ1n) is 5.39. The standard InChI is InChI=1S/C12H12ClFO2/c13-9-1-2-10-8(5-9)6-12(16-10)3-4-15-7-11(12)14/h1-2,5,11H,3-4,6-7H2. The number of hydrogen-bond donors (Lipinski definition) is 0. The van der Waals surface area contributed by atoms with Gasteiger partial charge < -0.3 is 9.47 Å². The number of fused-ring (bicyclic) bond motifs is 1. The van der Waals surface area contributed by atoms with Gasteiger partial charge in [0, 0.05) is 17.9 Å². The number of benzene rings is 1. The first-order valence-corrected chi connectivity index (χ1v) is 5.77. The Morgan fingerprint density at radius 2 is 2.31 bits per heavy atom. The summed E-state index contributed by atoms with van der Waals surface area (Å²) in [7, 11) is 0. The Morgan fingerprint density at radius 3 is 3.12 bits per heavy atom. The lowest BCUT2D eigenvalue weighted by atomic mass is 9.88. The van der Waals surface area contributed by atoms with E-state index in [9.17, 15) is 4.39 Å². The number of rotatable bonds is 0. The zero-order chi connectivity index (χ0) is 11.2. The third-order valence-electron chi connectivity index (χ3n) is 3.33. The Morgan fingerprint density at radius 1 is 1.44 bits per heavy atom. The maximum atomic E-state index is 13.9. The lowest BCUT2D eigenvalue weighted by Gasteiger charge is -2.35. The molecule has 2 nitrogen and oxygen atoms in total. The van der Waals surface area contributed by atoms with Crippen molar-refractivity contribution >= 4 is 11.6 Å². The molecule has 2 unspecified atom stereocenters. The van der Waals surface area contributed by atoms with Crippen molar-refractivity contribution in [3.8, 4) is 5.75 Å². The normalized spacial score (nSPS) is 32.5. The molecule has 1 aromatic carbocycles. The van der Waals surface area contributed by atoms with Gasteiger partial charge in [-0.25, -0.2) is 4.39 Å². The molecule has 2 aliphatic heterocycles. The summed E-state index contributed by atoms with van der Waals surface area (Å²) < 4.78 is 24.8. The van der Waals surface area contributed by atoms with Crippen LogP contribution in [0.1, 0.15) is 12.0 Å². The average Bonchev–Trinajstić information content (AvgIpc) is 2.61. The number of hydrogen-bond acceptors (Lipinski definition) is 2. The summed E-state index contributed by atoms with van der Waals surface area (Å²) in [5.41, 5.74) is 0.280. The van der Waals surface area contributed by atoms with Crippen molar-refractivity contribution in [2.75, 3.05) is 13.2 Å². The van der Waals surface area contributed by atoms with Gasteiger partial charge in [0.1, 0.15) is 11.4 Å². The van der Waals surface area contributed by atoms with Gasteiger partial charge >= 0.3 is 0 Å². The monoisotopic (exact) mass is 242 g/mol. The van der Waals surface area contributed by atoms with Gasteiger partial charge in [0.25, 0.3) is 0 Å². The van der Waals surface area contributed by atoms with E-state index >= 15 is 0 Å². The minimum absolute atomic E-state index is 0.127. The zero-order valence-electron chi connectivity index (χ0n) is 8.71. The summed E-state index contributed by atoms with van der Waals surface area (Å²) in [5, 5.41) is 0.668. The van der Waals surface area contributed by atoms with Crippen LogP contribution < -0.4 is 4.74 Å². The van der Waals surface area contributed by atoms with Gasteiger partial charge in [0.15, 0.2) is 6.17 Å². The quantitative estimate of drug-likeness (QED) is 0.697. The topological polar surface area (TPSA) is 18.5 Å². The van der Waals surface area contributed by atoms with Crippen LogP contribution in [0.15, 0.2) is 18.2 Å². The lowest BCUT2D eigenvalue weighted by molar-refractivity contribution is -0.0954. The van der Waals surface area contributed by atoms with E-state index in [4.69, 9.17) is 21.1 Å². The molecule has 16 heavy (non-hydrogen) atoms. The molecule has 86 valence electrons. The molecule has 1 spiro atoms. The van der Waals surface area contributed by atoms with Crippen molar-refractivity contribution in [2.45, 2.75) is 24.6 Å². The predicted octanol–water partition coefficient (Wildman–Crippen LogP) is 2.77. The highest BCUT2D eigenvalue weighted by molar-refractivity contribution is 6.30. The van der Waals surface area contributed by atoms with Gasteiger partial charge in [-0.3, -0.25) is 0 Å². The van der Waals surface area contributed by atoms with Gasteiger partial charge in [0.05, 0.1) is 13.2 Å². The molecule has 0 aromatic heterocycles. The van der Waals surface area contributed by atoms with Crippen molar-refractivity contribution in [3.63, 3.8) is 0 Å². The molecule has 2 heterocycles. The molecule has 0 radical (unpaired) electrons. The van der Waals surface area contributed by atoms with Crippen molar-refractivity contribution < 1.29 is 13.9 Å². The summed E-state index contributed by atoms with van der Waals surface area (Å²) in [6.07, 6.45) is 0.126. The largest absolute Gasteiger partial charge is 0.483 e. The average molecular weight is 243 g/mol. The molecule has 0 aliphatic carbocycles. The summed E-state index contributed by atoms with van der Waals surface area (Å²) in [6.45, 7) is 0.684. The Labute approximate surface area is 98.3 Å². The Balaban J connectivity index is 1.93. The van der Waals surface area contributed by atoms with Gasteiger partial charge in [-0.15, -0.1) is 0 Å². The zero-order valence-corrected chi connectivity index (χ0v) is 9.47. The fourth-order valence-electron chi connectivity index (χ4n) is 2.42. The maximum Gasteiger partial charge on any atom is 0.163 e. The highest BCUT2D eigenvalue weighted by Gasteiger charge is 2.48. The van der Waals surface area contributed by atoms with E-state index in [1.807, 2.05) is 12.1 Å². The van der Waals surface area contributed by atoms with Gasteiger partial charge in [-0.1, -0.05) is 11.6 Å². The molecule has 2 atom stereocenters. The van der Waals surface area contributed by atoms with Gasteiger partial charge in [0.2, 0.25) is 0 Å². The summed E-state index contributed by atoms with van der Waals surface area (Å²) in [5.74, 6) is 0.758. The van der Waals surface area contributed by atoms with E-state index in [2.05, 4.69) is 0 Å². The molecular formula is C12H12ClFO2. The maximum absolute atomic E-state index is 13.9. The molecule has 1 saturated heterocycles. The second-order valence-corrected chi connectivity index (χ2v) is 4.82. The second-order valence-electron chi connectivity index (χ2n) is 4.39. The number of ether oxygens (including phenoxy) is 2. The SMILES string of the molecule is FC1COCCC12Cc1cc(Cl)ccc1O2. The van der Waals surface area contributed by atoms with Gasteiger partial charge in [-0.2, -0.15) is 0 Å². The minimum Gasteiger partial charge on any atom is -0.483 e. The predicted molar refractivity (Wildman–Crippen MR) is 58.8 cm³/mol. The molecule has 1 aromatic rings. The first-order chi connectivity index (χ1) is 7.70. The molecule has 4 heteroatoms. The Hall–Kier alpha value is -0.800. The van der Waals surface area contributed by atoms with Crippen molar-refractivity contribution in [1.82, 2.24) is 0 Å². The van der Waals surface area contributed by atoms with E-state index < -0.39 is 11.8 Å². The number of halogens is 2. The van der Waals surface area contributed by atoms with Crippen LogP contribution in [0.5, 0.6) is 5.75 Å². The fourth-order valence-corrected chi connectivity index (χ4v) is 2.61. The van der Waals surface area contributed by atoms with Crippen molar-refractivity contribution in [3.05, 3.63) is 28.8 Å². The van der Waals surface area contributed by atoms with E-state index in [0.717, 1.165) is 11.3 Å². The Bertz CT molecular complexity index is 423.